The maximum absolute atomic E-state index is 13.1. The number of rotatable bonds is 7. The van der Waals surface area contributed by atoms with E-state index in [4.69, 9.17) is 9.84 Å². The van der Waals surface area contributed by atoms with Crippen molar-refractivity contribution in [2.75, 3.05) is 26.7 Å². The van der Waals surface area contributed by atoms with Crippen molar-refractivity contribution in [2.45, 2.75) is 33.2 Å². The largest absolute Gasteiger partial charge is 0.497 e. The van der Waals surface area contributed by atoms with E-state index in [0.717, 1.165) is 35.7 Å². The van der Waals surface area contributed by atoms with E-state index in [2.05, 4.69) is 43.9 Å². The second kappa shape index (κ2) is 9.02. The van der Waals surface area contributed by atoms with Gasteiger partial charge in [0.05, 0.1) is 25.4 Å². The molecule has 1 atom stereocenters. The molecule has 0 spiro atoms. The Morgan fingerprint density at radius 1 is 1.18 bits per heavy atom. The standard InChI is InChI=1S/C23H29N3O2/c1-5-25(6-2)16-23(27)26-22(19-11-8-12-20(14-19)28-4)15-21(24-26)18-10-7-9-17(3)13-18/h7-14,22H,5-6,15-16H2,1-4H3. The lowest BCUT2D eigenvalue weighted by Crippen LogP contribution is -2.38. The van der Waals surface area contributed by atoms with Gasteiger partial charge in [-0.25, -0.2) is 5.01 Å². The predicted octanol–water partition coefficient (Wildman–Crippen LogP) is 4.02. The molecule has 2 aromatic rings. The fourth-order valence-corrected chi connectivity index (χ4v) is 3.56. The first kappa shape index (κ1) is 20.1. The summed E-state index contributed by atoms with van der Waals surface area (Å²) in [5.41, 5.74) is 4.25. The summed E-state index contributed by atoms with van der Waals surface area (Å²) in [5, 5.41) is 6.44. The second-order valence-electron chi connectivity index (χ2n) is 7.11. The number of aryl methyl sites for hydroxylation is 1. The molecule has 2 aromatic carbocycles. The van der Waals surface area contributed by atoms with Gasteiger partial charge >= 0.3 is 0 Å². The molecule has 3 rings (SSSR count). The molecule has 1 amide bonds. The highest BCUT2D eigenvalue weighted by Crippen LogP contribution is 2.34. The Bertz CT molecular complexity index is 858. The van der Waals surface area contributed by atoms with Crippen LogP contribution in [0.2, 0.25) is 0 Å². The molecule has 0 aromatic heterocycles. The Balaban J connectivity index is 1.94. The van der Waals surface area contributed by atoms with E-state index < -0.39 is 0 Å². The van der Waals surface area contributed by atoms with Crippen LogP contribution in [0.15, 0.2) is 53.6 Å². The lowest BCUT2D eigenvalue weighted by molar-refractivity contribution is -0.134. The molecule has 148 valence electrons. The van der Waals surface area contributed by atoms with Crippen molar-refractivity contribution in [3.8, 4) is 5.75 Å². The highest BCUT2D eigenvalue weighted by Gasteiger charge is 2.33. The van der Waals surface area contributed by atoms with Gasteiger partial charge in [0.25, 0.3) is 5.91 Å². The average Bonchev–Trinajstić information content (AvgIpc) is 3.17. The number of hydrogen-bond acceptors (Lipinski definition) is 4. The molecule has 0 bridgehead atoms. The van der Waals surface area contributed by atoms with Gasteiger partial charge in [0.15, 0.2) is 0 Å². The summed E-state index contributed by atoms with van der Waals surface area (Å²) in [7, 11) is 1.66. The number of hydrazone groups is 1. The van der Waals surface area contributed by atoms with Crippen LogP contribution in [0.25, 0.3) is 0 Å². The van der Waals surface area contributed by atoms with Crippen molar-refractivity contribution in [2.24, 2.45) is 5.10 Å². The van der Waals surface area contributed by atoms with Crippen LogP contribution in [0.1, 0.15) is 43.0 Å². The fourth-order valence-electron chi connectivity index (χ4n) is 3.56. The van der Waals surface area contributed by atoms with Gasteiger partial charge in [-0.2, -0.15) is 5.10 Å². The van der Waals surface area contributed by atoms with Crippen LogP contribution in [0.4, 0.5) is 0 Å². The summed E-state index contributed by atoms with van der Waals surface area (Å²) >= 11 is 0. The third-order valence-electron chi connectivity index (χ3n) is 5.25. The van der Waals surface area contributed by atoms with Gasteiger partial charge in [0.1, 0.15) is 5.75 Å². The van der Waals surface area contributed by atoms with Crippen molar-refractivity contribution in [1.29, 1.82) is 0 Å². The number of carbonyl (C=O) groups is 1. The molecule has 28 heavy (non-hydrogen) atoms. The number of hydrogen-bond donors (Lipinski definition) is 0. The normalized spacial score (nSPS) is 16.4. The number of nitrogens with zero attached hydrogens (tertiary/aromatic N) is 3. The quantitative estimate of drug-likeness (QED) is 0.730. The van der Waals surface area contributed by atoms with Gasteiger partial charge in [-0.05, 0) is 43.3 Å². The van der Waals surface area contributed by atoms with E-state index in [9.17, 15) is 4.79 Å². The van der Waals surface area contributed by atoms with Crippen LogP contribution in [-0.4, -0.2) is 48.3 Å². The van der Waals surface area contributed by atoms with Crippen molar-refractivity contribution in [1.82, 2.24) is 9.91 Å². The van der Waals surface area contributed by atoms with Crippen LogP contribution >= 0.6 is 0 Å². The van der Waals surface area contributed by atoms with Crippen LogP contribution in [0.5, 0.6) is 5.75 Å². The molecular formula is C23H29N3O2. The van der Waals surface area contributed by atoms with E-state index in [-0.39, 0.29) is 11.9 Å². The molecule has 0 radical (unpaired) electrons. The number of benzene rings is 2. The minimum Gasteiger partial charge on any atom is -0.497 e. The van der Waals surface area contributed by atoms with Gasteiger partial charge < -0.3 is 4.74 Å². The van der Waals surface area contributed by atoms with E-state index in [1.165, 1.54) is 5.56 Å². The second-order valence-corrected chi connectivity index (χ2v) is 7.11. The van der Waals surface area contributed by atoms with Gasteiger partial charge in [0, 0.05) is 6.42 Å². The summed E-state index contributed by atoms with van der Waals surface area (Å²) in [6.07, 6.45) is 0.695. The molecule has 1 aliphatic heterocycles. The third-order valence-corrected chi connectivity index (χ3v) is 5.25. The Kier molecular flexibility index (Phi) is 6.47. The Hall–Kier alpha value is -2.66. The minimum atomic E-state index is -0.117. The Morgan fingerprint density at radius 2 is 1.93 bits per heavy atom. The van der Waals surface area contributed by atoms with Gasteiger partial charge in [0.2, 0.25) is 0 Å². The van der Waals surface area contributed by atoms with Crippen molar-refractivity contribution in [3.63, 3.8) is 0 Å². The molecule has 0 N–H and O–H groups in total. The van der Waals surface area contributed by atoms with E-state index in [0.29, 0.717) is 13.0 Å². The third kappa shape index (κ3) is 4.42. The molecule has 1 aliphatic rings. The predicted molar refractivity (Wildman–Crippen MR) is 113 cm³/mol. The van der Waals surface area contributed by atoms with Crippen molar-refractivity contribution in [3.05, 3.63) is 65.2 Å². The molecule has 0 saturated heterocycles. The fraction of sp³-hybridized carbons (Fsp3) is 0.391. The lowest BCUT2D eigenvalue weighted by atomic mass is 9.97. The SMILES string of the molecule is CCN(CC)CC(=O)N1N=C(c2cccc(C)c2)CC1c1cccc(OC)c1. The lowest BCUT2D eigenvalue weighted by Gasteiger charge is -2.25. The molecule has 0 fully saturated rings. The maximum Gasteiger partial charge on any atom is 0.257 e. The van der Waals surface area contributed by atoms with E-state index >= 15 is 0 Å². The van der Waals surface area contributed by atoms with Crippen molar-refractivity contribution < 1.29 is 9.53 Å². The minimum absolute atomic E-state index is 0.0270. The zero-order chi connectivity index (χ0) is 20.1. The number of methoxy groups -OCH3 is 1. The number of likely N-dealkylation sites (N-methyl/N-ethyl adjacent to an activating group) is 1. The van der Waals surface area contributed by atoms with Gasteiger partial charge in [-0.1, -0.05) is 55.8 Å². The van der Waals surface area contributed by atoms with E-state index in [1.54, 1.807) is 12.1 Å². The monoisotopic (exact) mass is 379 g/mol. The number of carbonyl (C=O) groups excluding carboxylic acids is 1. The first-order valence-corrected chi connectivity index (χ1v) is 9.88. The Morgan fingerprint density at radius 3 is 2.61 bits per heavy atom. The molecule has 1 unspecified atom stereocenters. The summed E-state index contributed by atoms with van der Waals surface area (Å²) in [4.78, 5) is 15.2. The van der Waals surface area contributed by atoms with Crippen LogP contribution in [0.3, 0.4) is 0 Å². The summed E-state index contributed by atoms with van der Waals surface area (Å²) in [6, 6.07) is 16.1. The van der Waals surface area contributed by atoms with Crippen LogP contribution in [-0.2, 0) is 4.79 Å². The van der Waals surface area contributed by atoms with Crippen LogP contribution < -0.4 is 4.74 Å². The topological polar surface area (TPSA) is 45.1 Å². The first-order valence-electron chi connectivity index (χ1n) is 9.88. The summed E-state index contributed by atoms with van der Waals surface area (Å²) in [6.45, 7) is 8.27. The van der Waals surface area contributed by atoms with Gasteiger partial charge in [-0.15, -0.1) is 0 Å². The molecule has 0 saturated carbocycles. The number of ether oxygens (including phenoxy) is 1. The summed E-state index contributed by atoms with van der Waals surface area (Å²) in [5.74, 6) is 0.817. The molecular weight excluding hydrogens is 350 g/mol. The molecule has 5 nitrogen and oxygen atoms in total. The smallest absolute Gasteiger partial charge is 0.257 e. The maximum atomic E-state index is 13.1. The van der Waals surface area contributed by atoms with Crippen LogP contribution in [0, 0.1) is 6.92 Å². The zero-order valence-corrected chi connectivity index (χ0v) is 17.2. The van der Waals surface area contributed by atoms with E-state index in [1.807, 2.05) is 30.3 Å². The first-order chi connectivity index (χ1) is 13.5. The zero-order valence-electron chi connectivity index (χ0n) is 17.2. The van der Waals surface area contributed by atoms with Crippen molar-refractivity contribution >= 4 is 11.6 Å². The summed E-state index contributed by atoms with van der Waals surface area (Å²) < 4.78 is 5.39. The van der Waals surface area contributed by atoms with Gasteiger partial charge in [-0.3, -0.25) is 9.69 Å². The highest BCUT2D eigenvalue weighted by molar-refractivity contribution is 6.03. The Labute approximate surface area is 167 Å². The average molecular weight is 380 g/mol. The molecule has 5 heteroatoms. The molecule has 1 heterocycles. The number of amides is 1. The molecule has 0 aliphatic carbocycles. The highest BCUT2D eigenvalue weighted by atomic mass is 16.5.